The molecule has 0 amide bonds. The molecule has 0 aromatic heterocycles. The van der Waals surface area contributed by atoms with Gasteiger partial charge in [-0.3, -0.25) is 0 Å². The fourth-order valence-corrected chi connectivity index (χ4v) is 2.20. The van der Waals surface area contributed by atoms with Crippen LogP contribution in [0.5, 0.6) is 0 Å². The first-order valence-corrected chi connectivity index (χ1v) is 6.16. The zero-order valence-corrected chi connectivity index (χ0v) is 11.3. The minimum absolute atomic E-state index is 0.100. The molecule has 0 atom stereocenters. The van der Waals surface area contributed by atoms with Crippen LogP contribution >= 0.6 is 23.2 Å². The van der Waals surface area contributed by atoms with Crippen LogP contribution in [0.4, 0.5) is 23.2 Å². The molecule has 0 aliphatic rings. The highest BCUT2D eigenvalue weighted by Gasteiger charge is 2.18. The van der Waals surface area contributed by atoms with E-state index >= 15 is 0 Å². The molecule has 2 rings (SSSR count). The van der Waals surface area contributed by atoms with Crippen LogP contribution in [-0.2, 0) is 6.54 Å². The average Bonchev–Trinajstić information content (AvgIpc) is 2.35. The van der Waals surface area contributed by atoms with Crippen LogP contribution in [0.2, 0.25) is 10.0 Å². The standard InChI is InChI=1S/C13H7Cl2F4N/c14-7-1-6(2-8(15)3-7)5-20-13-11(18)9(16)4-10(17)12(13)19/h1-4,20H,5H2. The molecule has 7 heteroatoms. The summed E-state index contributed by atoms with van der Waals surface area (Å²) in [5, 5.41) is 2.95. The van der Waals surface area contributed by atoms with E-state index in [-0.39, 0.29) is 12.6 Å². The third kappa shape index (κ3) is 3.16. The van der Waals surface area contributed by atoms with Gasteiger partial charge in [0.25, 0.3) is 0 Å². The van der Waals surface area contributed by atoms with Crippen molar-refractivity contribution < 1.29 is 17.6 Å². The molecule has 0 bridgehead atoms. The van der Waals surface area contributed by atoms with Gasteiger partial charge in [-0.1, -0.05) is 23.2 Å². The summed E-state index contributed by atoms with van der Waals surface area (Å²) in [4.78, 5) is 0. The van der Waals surface area contributed by atoms with Crippen molar-refractivity contribution in [2.24, 2.45) is 0 Å². The van der Waals surface area contributed by atoms with Crippen molar-refractivity contribution in [3.05, 3.63) is 63.1 Å². The van der Waals surface area contributed by atoms with E-state index in [4.69, 9.17) is 23.2 Å². The van der Waals surface area contributed by atoms with Gasteiger partial charge in [0.05, 0.1) is 0 Å². The lowest BCUT2D eigenvalue weighted by Crippen LogP contribution is -2.07. The first-order valence-electron chi connectivity index (χ1n) is 5.40. The van der Waals surface area contributed by atoms with Crippen LogP contribution in [0.3, 0.4) is 0 Å². The normalized spacial score (nSPS) is 10.7. The smallest absolute Gasteiger partial charge is 0.185 e. The van der Waals surface area contributed by atoms with E-state index in [9.17, 15) is 17.6 Å². The summed E-state index contributed by atoms with van der Waals surface area (Å²) in [7, 11) is 0. The number of anilines is 1. The molecule has 0 fully saturated rings. The first-order chi connectivity index (χ1) is 9.38. The molecule has 0 radical (unpaired) electrons. The lowest BCUT2D eigenvalue weighted by Gasteiger charge is -2.10. The van der Waals surface area contributed by atoms with Gasteiger partial charge in [0.2, 0.25) is 0 Å². The van der Waals surface area contributed by atoms with E-state index in [1.165, 1.54) is 18.2 Å². The predicted molar refractivity (Wildman–Crippen MR) is 70.1 cm³/mol. The minimum Gasteiger partial charge on any atom is -0.376 e. The Morgan fingerprint density at radius 3 is 1.80 bits per heavy atom. The van der Waals surface area contributed by atoms with Crippen molar-refractivity contribution in [1.82, 2.24) is 0 Å². The molecule has 106 valence electrons. The van der Waals surface area contributed by atoms with Gasteiger partial charge in [0.15, 0.2) is 23.3 Å². The Balaban J connectivity index is 2.27. The monoisotopic (exact) mass is 323 g/mol. The quantitative estimate of drug-likeness (QED) is 0.607. The fraction of sp³-hybridized carbons (Fsp3) is 0.0769. The van der Waals surface area contributed by atoms with Gasteiger partial charge in [-0.2, -0.15) is 0 Å². The lowest BCUT2D eigenvalue weighted by atomic mass is 10.2. The number of halogens is 6. The highest BCUT2D eigenvalue weighted by molar-refractivity contribution is 6.34. The Morgan fingerprint density at radius 1 is 0.800 bits per heavy atom. The molecule has 0 saturated heterocycles. The number of nitrogens with one attached hydrogen (secondary N) is 1. The van der Waals surface area contributed by atoms with Crippen LogP contribution in [0.25, 0.3) is 0 Å². The molecule has 0 aliphatic carbocycles. The summed E-state index contributed by atoms with van der Waals surface area (Å²) < 4.78 is 52.8. The molecular weight excluding hydrogens is 317 g/mol. The second-order valence-corrected chi connectivity index (χ2v) is 4.85. The molecule has 2 aromatic carbocycles. The predicted octanol–water partition coefficient (Wildman–Crippen LogP) is 5.16. The zero-order valence-electron chi connectivity index (χ0n) is 9.78. The van der Waals surface area contributed by atoms with Crippen molar-refractivity contribution in [1.29, 1.82) is 0 Å². The molecule has 2 aromatic rings. The van der Waals surface area contributed by atoms with Crippen LogP contribution in [0, 0.1) is 23.3 Å². The zero-order chi connectivity index (χ0) is 14.9. The minimum atomic E-state index is -1.49. The van der Waals surface area contributed by atoms with Crippen molar-refractivity contribution >= 4 is 28.9 Å². The number of rotatable bonds is 3. The van der Waals surface area contributed by atoms with Gasteiger partial charge in [-0.25, -0.2) is 17.6 Å². The molecule has 20 heavy (non-hydrogen) atoms. The SMILES string of the molecule is Fc1cc(F)c(F)c(NCc2cc(Cl)cc(Cl)c2)c1F. The molecule has 0 heterocycles. The summed E-state index contributed by atoms with van der Waals surface area (Å²) >= 11 is 11.5. The van der Waals surface area contributed by atoms with Crippen molar-refractivity contribution in [2.45, 2.75) is 6.54 Å². The van der Waals surface area contributed by atoms with E-state index < -0.39 is 29.0 Å². The molecule has 0 spiro atoms. The Kier molecular flexibility index (Phi) is 4.40. The van der Waals surface area contributed by atoms with Crippen molar-refractivity contribution in [2.75, 3.05) is 5.32 Å². The van der Waals surface area contributed by atoms with Crippen LogP contribution in [-0.4, -0.2) is 0 Å². The maximum Gasteiger partial charge on any atom is 0.185 e. The van der Waals surface area contributed by atoms with Gasteiger partial charge < -0.3 is 5.32 Å². The van der Waals surface area contributed by atoms with E-state index in [1.807, 2.05) is 0 Å². The van der Waals surface area contributed by atoms with E-state index in [0.717, 1.165) is 0 Å². The maximum absolute atomic E-state index is 13.4. The largest absolute Gasteiger partial charge is 0.376 e. The third-order valence-corrected chi connectivity index (χ3v) is 2.94. The Bertz CT molecular complexity index is 615. The Morgan fingerprint density at radius 2 is 1.30 bits per heavy atom. The number of hydrogen-bond acceptors (Lipinski definition) is 1. The Labute approximate surface area is 122 Å². The fourth-order valence-electron chi connectivity index (χ4n) is 1.63. The molecule has 0 unspecified atom stereocenters. The molecule has 1 nitrogen and oxygen atoms in total. The van der Waals surface area contributed by atoms with Gasteiger partial charge in [0.1, 0.15) is 5.69 Å². The van der Waals surface area contributed by atoms with Crippen molar-refractivity contribution in [3.8, 4) is 0 Å². The molecule has 0 saturated carbocycles. The van der Waals surface area contributed by atoms with E-state index in [1.54, 1.807) is 0 Å². The third-order valence-electron chi connectivity index (χ3n) is 2.50. The summed E-state index contributed by atoms with van der Waals surface area (Å²) in [6.07, 6.45) is 0. The number of benzene rings is 2. The van der Waals surface area contributed by atoms with E-state index in [0.29, 0.717) is 15.6 Å². The topological polar surface area (TPSA) is 12.0 Å². The highest BCUT2D eigenvalue weighted by Crippen LogP contribution is 2.25. The summed E-state index contributed by atoms with van der Waals surface area (Å²) in [5.74, 6) is -5.93. The second kappa shape index (κ2) is 5.89. The second-order valence-electron chi connectivity index (χ2n) is 3.97. The van der Waals surface area contributed by atoms with Crippen LogP contribution in [0.15, 0.2) is 24.3 Å². The molecule has 0 aliphatic heterocycles. The summed E-state index contributed by atoms with van der Waals surface area (Å²) in [6.45, 7) is -0.100. The molecule has 1 N–H and O–H groups in total. The Hall–Kier alpha value is -1.46. The lowest BCUT2D eigenvalue weighted by molar-refractivity contribution is 0.458. The summed E-state index contributed by atoms with van der Waals surface area (Å²) in [5.41, 5.74) is -0.371. The van der Waals surface area contributed by atoms with Gasteiger partial charge in [0, 0.05) is 22.7 Å². The van der Waals surface area contributed by atoms with Crippen LogP contribution in [0.1, 0.15) is 5.56 Å². The maximum atomic E-state index is 13.4. The highest BCUT2D eigenvalue weighted by atomic mass is 35.5. The summed E-state index contributed by atoms with van der Waals surface area (Å²) in [6, 6.07) is 4.64. The molecular formula is C13H7Cl2F4N. The van der Waals surface area contributed by atoms with E-state index in [2.05, 4.69) is 5.32 Å². The van der Waals surface area contributed by atoms with Crippen molar-refractivity contribution in [3.63, 3.8) is 0 Å². The van der Waals surface area contributed by atoms with Gasteiger partial charge >= 0.3 is 0 Å². The van der Waals surface area contributed by atoms with Crippen LogP contribution < -0.4 is 5.32 Å². The van der Waals surface area contributed by atoms with Gasteiger partial charge in [-0.15, -0.1) is 0 Å². The van der Waals surface area contributed by atoms with Gasteiger partial charge in [-0.05, 0) is 23.8 Å². The number of hydrogen-bond donors (Lipinski definition) is 1. The first kappa shape index (κ1) is 14.9. The average molecular weight is 324 g/mol.